The predicted molar refractivity (Wildman–Crippen MR) is 65.4 cm³/mol. The van der Waals surface area contributed by atoms with Gasteiger partial charge in [0.2, 0.25) is 0 Å². The largest absolute Gasteiger partial charge is 0.492 e. The first-order valence-electron chi connectivity index (χ1n) is 5.49. The number of benzene rings is 1. The number of ether oxygens (including phenoxy) is 1. The van der Waals surface area contributed by atoms with E-state index in [1.165, 1.54) is 10.9 Å². The monoisotopic (exact) mass is 205 g/mol. The molecule has 1 aromatic heterocycles. The zero-order chi connectivity index (χ0) is 11.3. The summed E-state index contributed by atoms with van der Waals surface area (Å²) in [4.78, 5) is 0. The van der Waals surface area contributed by atoms with Crippen LogP contribution in [0.25, 0.3) is 10.9 Å². The fourth-order valence-corrected chi connectivity index (χ4v) is 1.59. The minimum Gasteiger partial charge on any atom is -0.492 e. The number of para-hydroxylation sites is 1. The van der Waals surface area contributed by atoms with Crippen molar-refractivity contribution in [3.8, 4) is 5.75 Å². The van der Waals surface area contributed by atoms with E-state index < -0.39 is 0 Å². The Morgan fingerprint density at radius 3 is 2.60 bits per heavy atom. The van der Waals surface area contributed by atoms with Gasteiger partial charge >= 0.3 is 0 Å². The summed E-state index contributed by atoms with van der Waals surface area (Å²) in [5, 5.41) is 1.23. The smallest absolute Gasteiger partial charge is 0.143 e. The molecule has 0 amide bonds. The maximum Gasteiger partial charge on any atom is 0.143 e. The summed E-state index contributed by atoms with van der Waals surface area (Å²) < 4.78 is 7.62. The third kappa shape index (κ3) is 2.32. The summed E-state index contributed by atoms with van der Waals surface area (Å²) in [7, 11) is 2.03. The number of aryl methyl sites for hydroxylation is 1. The number of nitrogens with zero attached hydrogens (tertiary/aromatic N) is 1. The number of aromatic nitrogens is 1. The van der Waals surface area contributed by atoms with E-state index in [1.54, 1.807) is 0 Å². The molecule has 82 valence electrons. The molecule has 0 unspecified atom stereocenters. The zero-order valence-electron chi connectivity index (χ0n) is 9.95. The molecule has 0 spiro atoms. The molecule has 0 N–H and O–H groups in total. The molecule has 0 aliphatic rings. The fourth-order valence-electron chi connectivity index (χ4n) is 1.59. The molecule has 1 aromatic carbocycles. The fraction of sp³-hybridized carbons (Fsp3) is 0.385. The first-order valence-corrected chi connectivity index (χ1v) is 5.49. The number of rotatable bonds is 2. The standard InChI is InChI=1S/C11H13NO.C2H6/c1-3-13-10-6-4-5-9-7-8-12(2)11(9)10;1-2/h4-8H,3H2,1-2H3;1-2H3. The van der Waals surface area contributed by atoms with E-state index >= 15 is 0 Å². The van der Waals surface area contributed by atoms with Crippen LogP contribution in [-0.4, -0.2) is 11.2 Å². The molecular weight excluding hydrogens is 186 g/mol. The maximum absolute atomic E-state index is 5.54. The van der Waals surface area contributed by atoms with Crippen molar-refractivity contribution in [1.29, 1.82) is 0 Å². The Hall–Kier alpha value is -1.44. The first-order chi connectivity index (χ1) is 7.33. The summed E-state index contributed by atoms with van der Waals surface area (Å²) in [5.41, 5.74) is 1.17. The lowest BCUT2D eigenvalue weighted by Crippen LogP contribution is -1.94. The normalized spacial score (nSPS) is 9.60. The highest BCUT2D eigenvalue weighted by molar-refractivity contribution is 5.85. The van der Waals surface area contributed by atoms with Crippen molar-refractivity contribution >= 4 is 10.9 Å². The van der Waals surface area contributed by atoms with Crippen molar-refractivity contribution in [2.24, 2.45) is 7.05 Å². The Kier molecular flexibility index (Phi) is 4.22. The van der Waals surface area contributed by atoms with Gasteiger partial charge in [-0.25, -0.2) is 0 Å². The minimum atomic E-state index is 0.713. The quantitative estimate of drug-likeness (QED) is 0.730. The average Bonchev–Trinajstić information content (AvgIpc) is 2.65. The second-order valence-corrected chi connectivity index (χ2v) is 3.05. The van der Waals surface area contributed by atoms with Gasteiger partial charge in [0.15, 0.2) is 0 Å². The Morgan fingerprint density at radius 2 is 1.93 bits per heavy atom. The number of hydrogen-bond acceptors (Lipinski definition) is 1. The minimum absolute atomic E-state index is 0.713. The molecule has 0 aliphatic carbocycles. The molecule has 2 aromatic rings. The Balaban J connectivity index is 0.000000531. The molecule has 1 heterocycles. The van der Waals surface area contributed by atoms with Gasteiger partial charge in [-0.15, -0.1) is 0 Å². The predicted octanol–water partition coefficient (Wildman–Crippen LogP) is 3.60. The van der Waals surface area contributed by atoms with Gasteiger partial charge in [0, 0.05) is 18.6 Å². The van der Waals surface area contributed by atoms with Gasteiger partial charge in [0.05, 0.1) is 12.1 Å². The highest BCUT2D eigenvalue weighted by atomic mass is 16.5. The van der Waals surface area contributed by atoms with Gasteiger partial charge in [0.1, 0.15) is 5.75 Å². The van der Waals surface area contributed by atoms with Crippen LogP contribution in [0.2, 0.25) is 0 Å². The van der Waals surface area contributed by atoms with E-state index in [-0.39, 0.29) is 0 Å². The van der Waals surface area contributed by atoms with Crippen LogP contribution in [0.15, 0.2) is 30.5 Å². The van der Waals surface area contributed by atoms with Crippen LogP contribution >= 0.6 is 0 Å². The third-order valence-electron chi connectivity index (χ3n) is 2.16. The molecule has 2 nitrogen and oxygen atoms in total. The van der Waals surface area contributed by atoms with Crippen LogP contribution in [0.3, 0.4) is 0 Å². The van der Waals surface area contributed by atoms with Crippen LogP contribution in [0.1, 0.15) is 20.8 Å². The lowest BCUT2D eigenvalue weighted by molar-refractivity contribution is 0.343. The summed E-state index contributed by atoms with van der Waals surface area (Å²) in [6.07, 6.45) is 2.05. The molecule has 0 saturated heterocycles. The molecule has 15 heavy (non-hydrogen) atoms. The van der Waals surface area contributed by atoms with Crippen molar-refractivity contribution in [2.45, 2.75) is 20.8 Å². The van der Waals surface area contributed by atoms with E-state index in [4.69, 9.17) is 4.74 Å². The van der Waals surface area contributed by atoms with Gasteiger partial charge in [-0.3, -0.25) is 0 Å². The van der Waals surface area contributed by atoms with Crippen LogP contribution in [0, 0.1) is 0 Å². The van der Waals surface area contributed by atoms with E-state index in [1.807, 2.05) is 46.1 Å². The Morgan fingerprint density at radius 1 is 1.20 bits per heavy atom. The number of fused-ring (bicyclic) bond motifs is 1. The van der Waals surface area contributed by atoms with Crippen molar-refractivity contribution in [2.75, 3.05) is 6.61 Å². The van der Waals surface area contributed by atoms with Crippen LogP contribution in [-0.2, 0) is 7.05 Å². The highest BCUT2D eigenvalue weighted by Crippen LogP contribution is 2.25. The lowest BCUT2D eigenvalue weighted by Gasteiger charge is -2.06. The van der Waals surface area contributed by atoms with Gasteiger partial charge in [-0.05, 0) is 19.1 Å². The van der Waals surface area contributed by atoms with Crippen LogP contribution in [0.5, 0.6) is 5.75 Å². The Bertz CT molecular complexity index is 417. The molecule has 0 bridgehead atoms. The summed E-state index contributed by atoms with van der Waals surface area (Å²) in [6, 6.07) is 8.22. The maximum atomic E-state index is 5.54. The van der Waals surface area contributed by atoms with Gasteiger partial charge in [-0.2, -0.15) is 0 Å². The molecule has 0 aliphatic heterocycles. The molecule has 0 fully saturated rings. The number of hydrogen-bond donors (Lipinski definition) is 0. The van der Waals surface area contributed by atoms with E-state index in [0.29, 0.717) is 6.61 Å². The van der Waals surface area contributed by atoms with E-state index in [0.717, 1.165) is 5.75 Å². The zero-order valence-corrected chi connectivity index (χ0v) is 9.95. The van der Waals surface area contributed by atoms with Crippen molar-refractivity contribution in [1.82, 2.24) is 4.57 Å². The first kappa shape index (κ1) is 11.6. The molecule has 0 radical (unpaired) electrons. The lowest BCUT2D eigenvalue weighted by atomic mass is 10.2. The summed E-state index contributed by atoms with van der Waals surface area (Å²) in [5.74, 6) is 0.965. The molecule has 0 saturated carbocycles. The van der Waals surface area contributed by atoms with Gasteiger partial charge < -0.3 is 9.30 Å². The van der Waals surface area contributed by atoms with Crippen LogP contribution in [0.4, 0.5) is 0 Å². The second-order valence-electron chi connectivity index (χ2n) is 3.05. The third-order valence-corrected chi connectivity index (χ3v) is 2.16. The SMILES string of the molecule is CC.CCOc1cccc2ccn(C)c12. The molecule has 0 atom stereocenters. The van der Waals surface area contributed by atoms with E-state index in [2.05, 4.69) is 16.7 Å². The van der Waals surface area contributed by atoms with Crippen molar-refractivity contribution < 1.29 is 4.74 Å². The second kappa shape index (κ2) is 5.44. The van der Waals surface area contributed by atoms with E-state index in [9.17, 15) is 0 Å². The highest BCUT2D eigenvalue weighted by Gasteiger charge is 2.03. The Labute approximate surface area is 91.5 Å². The molecule has 2 heteroatoms. The van der Waals surface area contributed by atoms with Crippen molar-refractivity contribution in [3.63, 3.8) is 0 Å². The van der Waals surface area contributed by atoms with Gasteiger partial charge in [-0.1, -0.05) is 26.0 Å². The topological polar surface area (TPSA) is 14.2 Å². The average molecular weight is 205 g/mol. The summed E-state index contributed by atoms with van der Waals surface area (Å²) in [6.45, 7) is 6.71. The molecular formula is C13H19NO. The summed E-state index contributed by atoms with van der Waals surface area (Å²) >= 11 is 0. The van der Waals surface area contributed by atoms with Crippen LogP contribution < -0.4 is 4.74 Å². The van der Waals surface area contributed by atoms with Crippen molar-refractivity contribution in [3.05, 3.63) is 30.5 Å². The van der Waals surface area contributed by atoms with Gasteiger partial charge in [0.25, 0.3) is 0 Å². The molecule has 2 rings (SSSR count).